The van der Waals surface area contributed by atoms with E-state index in [-0.39, 0.29) is 5.82 Å². The smallest absolute Gasteiger partial charge is 0.153 e. The number of aromatic nitrogens is 1. The van der Waals surface area contributed by atoms with Crippen LogP contribution in [0.5, 0.6) is 0 Å². The Labute approximate surface area is 113 Å². The van der Waals surface area contributed by atoms with Crippen LogP contribution < -0.4 is 11.1 Å². The van der Waals surface area contributed by atoms with Gasteiger partial charge >= 0.3 is 0 Å². The molecular weight excluding hydrogens is 297 g/mol. The van der Waals surface area contributed by atoms with Crippen LogP contribution in [0.4, 0.5) is 21.6 Å². The van der Waals surface area contributed by atoms with Crippen molar-refractivity contribution < 1.29 is 4.39 Å². The lowest BCUT2D eigenvalue weighted by Gasteiger charge is -2.12. The highest BCUT2D eigenvalue weighted by atomic mass is 79.9. The Morgan fingerprint density at radius 3 is 2.67 bits per heavy atom. The number of nitrogen functional groups attached to an aromatic ring is 1. The van der Waals surface area contributed by atoms with E-state index in [9.17, 15) is 4.39 Å². The van der Waals surface area contributed by atoms with Gasteiger partial charge in [-0.25, -0.2) is 9.37 Å². The highest BCUT2D eigenvalue weighted by molar-refractivity contribution is 9.10. The zero-order chi connectivity index (χ0) is 13.3. The minimum Gasteiger partial charge on any atom is -0.396 e. The summed E-state index contributed by atoms with van der Waals surface area (Å²) in [6.45, 7) is 3.75. The second-order valence-corrected chi connectivity index (χ2v) is 5.01. The number of anilines is 3. The Hall–Kier alpha value is -1.62. The highest BCUT2D eigenvalue weighted by Crippen LogP contribution is 2.28. The fourth-order valence-electron chi connectivity index (χ4n) is 1.60. The van der Waals surface area contributed by atoms with Gasteiger partial charge < -0.3 is 11.1 Å². The topological polar surface area (TPSA) is 50.9 Å². The third kappa shape index (κ3) is 2.61. The maximum Gasteiger partial charge on any atom is 0.153 e. The zero-order valence-electron chi connectivity index (χ0n) is 10.1. The van der Waals surface area contributed by atoms with E-state index in [1.165, 1.54) is 6.07 Å². The molecule has 2 aromatic rings. The van der Waals surface area contributed by atoms with Crippen LogP contribution in [0.3, 0.4) is 0 Å². The number of hydrogen-bond donors (Lipinski definition) is 2. The van der Waals surface area contributed by atoms with Crippen molar-refractivity contribution >= 4 is 33.1 Å². The summed E-state index contributed by atoms with van der Waals surface area (Å²) in [5.41, 5.74) is 9.00. The Bertz CT molecular complexity index is 599. The van der Waals surface area contributed by atoms with Crippen LogP contribution in [-0.2, 0) is 0 Å². The van der Waals surface area contributed by atoms with Gasteiger partial charge in [0.2, 0.25) is 0 Å². The largest absolute Gasteiger partial charge is 0.396 e. The third-order valence-electron chi connectivity index (χ3n) is 2.57. The average molecular weight is 310 g/mol. The minimum absolute atomic E-state index is 0.289. The van der Waals surface area contributed by atoms with E-state index >= 15 is 0 Å². The van der Waals surface area contributed by atoms with E-state index in [0.717, 1.165) is 16.8 Å². The molecule has 0 fully saturated rings. The molecule has 0 amide bonds. The Morgan fingerprint density at radius 1 is 1.28 bits per heavy atom. The van der Waals surface area contributed by atoms with Crippen LogP contribution in [0.15, 0.2) is 28.9 Å². The molecule has 5 heteroatoms. The van der Waals surface area contributed by atoms with Crippen molar-refractivity contribution in [2.24, 2.45) is 0 Å². The van der Waals surface area contributed by atoms with Gasteiger partial charge in [-0.3, -0.25) is 0 Å². The Balaban J connectivity index is 2.37. The Morgan fingerprint density at radius 2 is 2.00 bits per heavy atom. The van der Waals surface area contributed by atoms with Crippen molar-refractivity contribution in [3.63, 3.8) is 0 Å². The van der Waals surface area contributed by atoms with Gasteiger partial charge in [-0.1, -0.05) is 0 Å². The van der Waals surface area contributed by atoms with Crippen LogP contribution in [-0.4, -0.2) is 4.98 Å². The molecular formula is C13H13BrFN3. The monoisotopic (exact) mass is 309 g/mol. The third-order valence-corrected chi connectivity index (χ3v) is 3.18. The van der Waals surface area contributed by atoms with Crippen molar-refractivity contribution in [2.45, 2.75) is 13.8 Å². The van der Waals surface area contributed by atoms with E-state index < -0.39 is 0 Å². The summed E-state index contributed by atoms with van der Waals surface area (Å²) in [6.07, 6.45) is 1.73. The van der Waals surface area contributed by atoms with Gasteiger partial charge in [0.15, 0.2) is 5.82 Å². The fraction of sp³-hybridized carbons (Fsp3) is 0.154. The molecule has 0 radical (unpaired) electrons. The number of benzene rings is 1. The molecule has 94 valence electrons. The van der Waals surface area contributed by atoms with Crippen LogP contribution >= 0.6 is 15.9 Å². The number of hydrogen-bond acceptors (Lipinski definition) is 3. The molecule has 0 bridgehead atoms. The fourth-order valence-corrected chi connectivity index (χ4v) is 1.95. The molecule has 0 saturated carbocycles. The zero-order valence-corrected chi connectivity index (χ0v) is 11.7. The molecule has 18 heavy (non-hydrogen) atoms. The molecule has 0 unspecified atom stereocenters. The van der Waals surface area contributed by atoms with Crippen LogP contribution in [0.1, 0.15) is 11.1 Å². The quantitative estimate of drug-likeness (QED) is 0.884. The summed E-state index contributed by atoms with van der Waals surface area (Å²) in [5.74, 6) is 0.282. The molecule has 1 aromatic heterocycles. The summed E-state index contributed by atoms with van der Waals surface area (Å²) < 4.78 is 13.7. The predicted molar refractivity (Wildman–Crippen MR) is 75.5 cm³/mol. The molecule has 2 rings (SSSR count). The Kier molecular flexibility index (Phi) is 3.52. The van der Waals surface area contributed by atoms with Gasteiger partial charge in [0.25, 0.3) is 0 Å². The lowest BCUT2D eigenvalue weighted by atomic mass is 10.2. The summed E-state index contributed by atoms with van der Waals surface area (Å²) in [5, 5.41) is 3.10. The maximum absolute atomic E-state index is 13.3. The SMILES string of the molecule is Cc1cnc(Nc2cc(Br)c(F)cc2C)c(N)c1. The molecule has 1 aromatic carbocycles. The van der Waals surface area contributed by atoms with Gasteiger partial charge in [-0.05, 0) is 59.1 Å². The number of aryl methyl sites for hydroxylation is 2. The normalized spacial score (nSPS) is 10.4. The minimum atomic E-state index is -0.289. The first-order valence-corrected chi connectivity index (χ1v) is 6.21. The van der Waals surface area contributed by atoms with Gasteiger partial charge in [-0.15, -0.1) is 0 Å². The number of nitrogens with one attached hydrogen (secondary N) is 1. The first-order chi connectivity index (χ1) is 8.47. The lowest BCUT2D eigenvalue weighted by Crippen LogP contribution is -2.01. The summed E-state index contributed by atoms with van der Waals surface area (Å²) >= 11 is 3.16. The van der Waals surface area contributed by atoms with Crippen molar-refractivity contribution in [2.75, 3.05) is 11.1 Å². The molecule has 3 N–H and O–H groups in total. The van der Waals surface area contributed by atoms with Gasteiger partial charge in [0.05, 0.1) is 10.2 Å². The standard InChI is InChI=1S/C13H13BrFN3/c1-7-3-11(16)13(17-6-7)18-12-5-9(14)10(15)4-8(12)2/h3-6H,16H2,1-2H3,(H,17,18). The molecule has 1 heterocycles. The number of nitrogens with two attached hydrogens (primary N) is 1. The molecule has 0 aliphatic heterocycles. The highest BCUT2D eigenvalue weighted by Gasteiger charge is 2.07. The van der Waals surface area contributed by atoms with Crippen molar-refractivity contribution in [1.29, 1.82) is 0 Å². The van der Waals surface area contributed by atoms with E-state index in [0.29, 0.717) is 16.0 Å². The average Bonchev–Trinajstić information content (AvgIpc) is 2.29. The molecule has 0 atom stereocenters. The van der Waals surface area contributed by atoms with Crippen LogP contribution in [0.25, 0.3) is 0 Å². The van der Waals surface area contributed by atoms with E-state index in [1.54, 1.807) is 12.3 Å². The number of nitrogens with zero attached hydrogens (tertiary/aromatic N) is 1. The van der Waals surface area contributed by atoms with Crippen molar-refractivity contribution in [3.8, 4) is 0 Å². The second-order valence-electron chi connectivity index (χ2n) is 4.16. The van der Waals surface area contributed by atoms with Crippen LogP contribution in [0.2, 0.25) is 0 Å². The van der Waals surface area contributed by atoms with Crippen LogP contribution in [0, 0.1) is 19.7 Å². The summed E-state index contributed by atoms with van der Waals surface area (Å²) in [7, 11) is 0. The number of rotatable bonds is 2. The molecule has 0 spiro atoms. The predicted octanol–water partition coefficient (Wildman–Crippen LogP) is 3.93. The first kappa shape index (κ1) is 12.8. The number of pyridine rings is 1. The maximum atomic E-state index is 13.3. The van der Waals surface area contributed by atoms with Gasteiger partial charge in [-0.2, -0.15) is 0 Å². The van der Waals surface area contributed by atoms with Crippen molar-refractivity contribution in [3.05, 3.63) is 45.8 Å². The van der Waals surface area contributed by atoms with E-state index in [2.05, 4.69) is 26.2 Å². The first-order valence-electron chi connectivity index (χ1n) is 5.42. The number of halogens is 2. The molecule has 0 saturated heterocycles. The van der Waals surface area contributed by atoms with Gasteiger partial charge in [0, 0.05) is 11.9 Å². The van der Waals surface area contributed by atoms with E-state index in [4.69, 9.17) is 5.73 Å². The lowest BCUT2D eigenvalue weighted by molar-refractivity contribution is 0.620. The summed E-state index contributed by atoms with van der Waals surface area (Å²) in [4.78, 5) is 4.22. The van der Waals surface area contributed by atoms with E-state index in [1.807, 2.05) is 19.9 Å². The molecule has 0 aliphatic carbocycles. The van der Waals surface area contributed by atoms with Gasteiger partial charge in [0.1, 0.15) is 5.82 Å². The second kappa shape index (κ2) is 4.94. The van der Waals surface area contributed by atoms with Crippen molar-refractivity contribution in [1.82, 2.24) is 4.98 Å². The summed E-state index contributed by atoms with van der Waals surface area (Å²) in [6, 6.07) is 4.96. The molecule has 3 nitrogen and oxygen atoms in total. The molecule has 0 aliphatic rings.